The second-order valence-electron chi connectivity index (χ2n) is 3.68. The standard InChI is InChI=1S/C12H17FO/c1-3-4-11(8-14)10-5-6-12(13)9(2)7-10/h5-7,11,14H,3-4,8H2,1-2H3. The Balaban J connectivity index is 2.88. The molecule has 1 unspecified atom stereocenters. The fourth-order valence-electron chi connectivity index (χ4n) is 1.63. The second-order valence-corrected chi connectivity index (χ2v) is 3.68. The molecule has 0 heterocycles. The first-order valence-electron chi connectivity index (χ1n) is 5.06. The molecule has 0 radical (unpaired) electrons. The number of aliphatic hydroxyl groups excluding tert-OH is 1. The molecule has 0 aliphatic rings. The number of hydrogen-bond donors (Lipinski definition) is 1. The van der Waals surface area contributed by atoms with Gasteiger partial charge in [-0.1, -0.05) is 25.5 Å². The van der Waals surface area contributed by atoms with E-state index in [9.17, 15) is 9.50 Å². The van der Waals surface area contributed by atoms with E-state index in [1.165, 1.54) is 6.07 Å². The van der Waals surface area contributed by atoms with E-state index in [4.69, 9.17) is 0 Å². The molecule has 0 aliphatic carbocycles. The van der Waals surface area contributed by atoms with Crippen LogP contribution in [0.15, 0.2) is 18.2 Å². The lowest BCUT2D eigenvalue weighted by atomic mass is 9.94. The summed E-state index contributed by atoms with van der Waals surface area (Å²) in [5.74, 6) is -0.0266. The summed E-state index contributed by atoms with van der Waals surface area (Å²) in [6, 6.07) is 5.06. The zero-order chi connectivity index (χ0) is 10.6. The first kappa shape index (κ1) is 11.2. The van der Waals surface area contributed by atoms with Gasteiger partial charge >= 0.3 is 0 Å². The van der Waals surface area contributed by atoms with Crippen molar-refractivity contribution in [2.75, 3.05) is 6.61 Å². The van der Waals surface area contributed by atoms with E-state index in [-0.39, 0.29) is 18.3 Å². The summed E-state index contributed by atoms with van der Waals surface area (Å²) >= 11 is 0. The van der Waals surface area contributed by atoms with Crippen LogP contribution in [-0.2, 0) is 0 Å². The molecule has 78 valence electrons. The monoisotopic (exact) mass is 196 g/mol. The van der Waals surface area contributed by atoms with Gasteiger partial charge in [-0.15, -0.1) is 0 Å². The number of aliphatic hydroxyl groups is 1. The Kier molecular flexibility index (Phi) is 4.08. The minimum atomic E-state index is -0.179. The molecule has 14 heavy (non-hydrogen) atoms. The Hall–Kier alpha value is -0.890. The van der Waals surface area contributed by atoms with Crippen molar-refractivity contribution in [3.05, 3.63) is 35.1 Å². The van der Waals surface area contributed by atoms with Crippen LogP contribution in [0.3, 0.4) is 0 Å². The fourth-order valence-corrected chi connectivity index (χ4v) is 1.63. The molecule has 1 aromatic rings. The Morgan fingerprint density at radius 2 is 2.14 bits per heavy atom. The van der Waals surface area contributed by atoms with Crippen LogP contribution in [0.25, 0.3) is 0 Å². The number of aryl methyl sites for hydroxylation is 1. The van der Waals surface area contributed by atoms with Crippen LogP contribution < -0.4 is 0 Å². The maximum absolute atomic E-state index is 13.0. The Morgan fingerprint density at radius 3 is 2.64 bits per heavy atom. The van der Waals surface area contributed by atoms with Gasteiger partial charge in [0.25, 0.3) is 0 Å². The number of hydrogen-bond acceptors (Lipinski definition) is 1. The predicted octanol–water partition coefficient (Wildman–Crippen LogP) is 3.01. The minimum absolute atomic E-state index is 0.138. The molecule has 2 heteroatoms. The lowest BCUT2D eigenvalue weighted by molar-refractivity contribution is 0.258. The number of rotatable bonds is 4. The van der Waals surface area contributed by atoms with Gasteiger partial charge in [0.1, 0.15) is 5.82 Å². The number of benzene rings is 1. The summed E-state index contributed by atoms with van der Waals surface area (Å²) in [5, 5.41) is 9.18. The SMILES string of the molecule is CCCC(CO)c1ccc(F)c(C)c1. The van der Waals surface area contributed by atoms with E-state index in [1.54, 1.807) is 13.0 Å². The average Bonchev–Trinajstić information content (AvgIpc) is 2.19. The van der Waals surface area contributed by atoms with E-state index in [0.717, 1.165) is 18.4 Å². The van der Waals surface area contributed by atoms with E-state index >= 15 is 0 Å². The van der Waals surface area contributed by atoms with Gasteiger partial charge in [0.15, 0.2) is 0 Å². The normalized spacial score (nSPS) is 12.9. The van der Waals surface area contributed by atoms with Gasteiger partial charge in [-0.05, 0) is 30.5 Å². The fraction of sp³-hybridized carbons (Fsp3) is 0.500. The van der Waals surface area contributed by atoms with Gasteiger partial charge < -0.3 is 5.11 Å². The summed E-state index contributed by atoms with van der Waals surface area (Å²) < 4.78 is 13.0. The molecule has 0 aliphatic heterocycles. The third kappa shape index (κ3) is 2.55. The quantitative estimate of drug-likeness (QED) is 0.784. The Bertz CT molecular complexity index is 296. The molecule has 0 bridgehead atoms. The van der Waals surface area contributed by atoms with Gasteiger partial charge in [-0.25, -0.2) is 4.39 Å². The van der Waals surface area contributed by atoms with Crippen molar-refractivity contribution in [2.45, 2.75) is 32.6 Å². The molecule has 1 nitrogen and oxygen atoms in total. The molecule has 1 N–H and O–H groups in total. The molecule has 1 atom stereocenters. The topological polar surface area (TPSA) is 20.2 Å². The molecule has 0 saturated carbocycles. The smallest absolute Gasteiger partial charge is 0.126 e. The molecular formula is C12H17FO. The zero-order valence-corrected chi connectivity index (χ0v) is 8.76. The first-order chi connectivity index (χ1) is 6.69. The first-order valence-corrected chi connectivity index (χ1v) is 5.06. The summed E-state index contributed by atoms with van der Waals surface area (Å²) in [6.45, 7) is 3.97. The molecule has 0 aromatic heterocycles. The molecule has 0 fully saturated rings. The van der Waals surface area contributed by atoms with Crippen molar-refractivity contribution in [2.24, 2.45) is 0 Å². The maximum atomic E-state index is 13.0. The lowest BCUT2D eigenvalue weighted by Crippen LogP contribution is -2.04. The van der Waals surface area contributed by atoms with Gasteiger partial charge in [0.05, 0.1) is 0 Å². The zero-order valence-electron chi connectivity index (χ0n) is 8.76. The third-order valence-electron chi connectivity index (χ3n) is 2.51. The lowest BCUT2D eigenvalue weighted by Gasteiger charge is -2.14. The van der Waals surface area contributed by atoms with E-state index in [2.05, 4.69) is 6.92 Å². The molecule has 1 aromatic carbocycles. The van der Waals surface area contributed by atoms with Crippen LogP contribution in [0, 0.1) is 12.7 Å². The van der Waals surface area contributed by atoms with Gasteiger partial charge in [0.2, 0.25) is 0 Å². The van der Waals surface area contributed by atoms with E-state index in [1.807, 2.05) is 6.07 Å². The van der Waals surface area contributed by atoms with E-state index < -0.39 is 0 Å². The van der Waals surface area contributed by atoms with Crippen LogP contribution in [-0.4, -0.2) is 11.7 Å². The highest BCUT2D eigenvalue weighted by Gasteiger charge is 2.10. The highest BCUT2D eigenvalue weighted by molar-refractivity contribution is 5.26. The van der Waals surface area contributed by atoms with Crippen molar-refractivity contribution >= 4 is 0 Å². The van der Waals surface area contributed by atoms with Crippen LogP contribution in [0.5, 0.6) is 0 Å². The van der Waals surface area contributed by atoms with Crippen LogP contribution in [0.4, 0.5) is 4.39 Å². The largest absolute Gasteiger partial charge is 0.396 e. The Labute approximate surface area is 84.6 Å². The van der Waals surface area contributed by atoms with Crippen molar-refractivity contribution < 1.29 is 9.50 Å². The van der Waals surface area contributed by atoms with Crippen molar-refractivity contribution in [1.82, 2.24) is 0 Å². The summed E-state index contributed by atoms with van der Waals surface area (Å²) in [6.07, 6.45) is 1.98. The van der Waals surface area contributed by atoms with Gasteiger partial charge in [0, 0.05) is 12.5 Å². The Morgan fingerprint density at radius 1 is 1.43 bits per heavy atom. The van der Waals surface area contributed by atoms with Crippen molar-refractivity contribution in [1.29, 1.82) is 0 Å². The predicted molar refractivity (Wildman–Crippen MR) is 55.9 cm³/mol. The van der Waals surface area contributed by atoms with E-state index in [0.29, 0.717) is 5.56 Å². The maximum Gasteiger partial charge on any atom is 0.126 e. The van der Waals surface area contributed by atoms with Gasteiger partial charge in [-0.2, -0.15) is 0 Å². The average molecular weight is 196 g/mol. The summed E-state index contributed by atoms with van der Waals surface area (Å²) in [7, 11) is 0. The molecule has 1 rings (SSSR count). The summed E-state index contributed by atoms with van der Waals surface area (Å²) in [4.78, 5) is 0. The molecule has 0 saturated heterocycles. The van der Waals surface area contributed by atoms with Crippen molar-refractivity contribution in [3.8, 4) is 0 Å². The number of halogens is 1. The highest BCUT2D eigenvalue weighted by atomic mass is 19.1. The molecule has 0 spiro atoms. The summed E-state index contributed by atoms with van der Waals surface area (Å²) in [5.41, 5.74) is 1.69. The minimum Gasteiger partial charge on any atom is -0.396 e. The van der Waals surface area contributed by atoms with Crippen LogP contribution in [0.1, 0.15) is 36.8 Å². The van der Waals surface area contributed by atoms with Gasteiger partial charge in [-0.3, -0.25) is 0 Å². The second kappa shape index (κ2) is 5.11. The molecular weight excluding hydrogens is 179 g/mol. The van der Waals surface area contributed by atoms with Crippen LogP contribution in [0.2, 0.25) is 0 Å². The van der Waals surface area contributed by atoms with Crippen LogP contribution >= 0.6 is 0 Å². The highest BCUT2D eigenvalue weighted by Crippen LogP contribution is 2.22. The van der Waals surface area contributed by atoms with Crippen molar-refractivity contribution in [3.63, 3.8) is 0 Å². The third-order valence-corrected chi connectivity index (χ3v) is 2.51. The molecule has 0 amide bonds.